The Morgan fingerprint density at radius 1 is 1.78 bits per heavy atom. The van der Waals surface area contributed by atoms with E-state index in [-0.39, 0.29) is 0 Å². The summed E-state index contributed by atoms with van der Waals surface area (Å²) in [6, 6.07) is 0. The highest BCUT2D eigenvalue weighted by Crippen LogP contribution is 2.06. The van der Waals surface area contributed by atoms with Gasteiger partial charge in [-0.1, -0.05) is 13.0 Å². The molecular formula is C7H12N2. The highest BCUT2D eigenvalue weighted by Gasteiger charge is 2.11. The first-order valence-electron chi connectivity index (χ1n) is 3.32. The van der Waals surface area contributed by atoms with Crippen molar-refractivity contribution >= 4 is 6.34 Å². The van der Waals surface area contributed by atoms with Crippen molar-refractivity contribution in [2.24, 2.45) is 4.99 Å². The molecular weight excluding hydrogens is 112 g/mol. The maximum atomic E-state index is 4.05. The predicted octanol–water partition coefficient (Wildman–Crippen LogP) is 1.60. The summed E-state index contributed by atoms with van der Waals surface area (Å²) < 4.78 is 0. The van der Waals surface area contributed by atoms with E-state index in [1.54, 1.807) is 0 Å². The Kier molecular flexibility index (Phi) is 1.88. The predicted molar refractivity (Wildman–Crippen MR) is 39.2 cm³/mol. The maximum absolute atomic E-state index is 4.05. The third kappa shape index (κ3) is 1.31. The molecule has 1 unspecified atom stereocenters. The molecule has 9 heavy (non-hydrogen) atoms. The van der Waals surface area contributed by atoms with Crippen LogP contribution in [-0.2, 0) is 0 Å². The van der Waals surface area contributed by atoms with Crippen molar-refractivity contribution in [3.05, 3.63) is 12.3 Å². The third-order valence-corrected chi connectivity index (χ3v) is 1.36. The first kappa shape index (κ1) is 6.33. The summed E-state index contributed by atoms with van der Waals surface area (Å²) in [7, 11) is 0. The minimum atomic E-state index is 0.368. The van der Waals surface area contributed by atoms with Crippen molar-refractivity contribution < 1.29 is 0 Å². The van der Waals surface area contributed by atoms with Crippen LogP contribution in [-0.4, -0.2) is 17.4 Å². The smallest absolute Gasteiger partial charge is 0.124 e. The van der Waals surface area contributed by atoms with Gasteiger partial charge in [-0.3, -0.25) is 4.99 Å². The quantitative estimate of drug-likeness (QED) is 0.546. The molecule has 0 aromatic heterocycles. The lowest BCUT2D eigenvalue weighted by molar-refractivity contribution is 0.398. The fraction of sp³-hybridized carbons (Fsp3) is 0.571. The molecule has 0 aromatic carbocycles. The molecule has 1 rings (SSSR count). The van der Waals surface area contributed by atoms with Gasteiger partial charge in [0, 0.05) is 6.20 Å². The Balaban J connectivity index is 2.30. The van der Waals surface area contributed by atoms with E-state index in [0.29, 0.717) is 6.17 Å². The van der Waals surface area contributed by atoms with Crippen molar-refractivity contribution in [2.75, 3.05) is 0 Å². The van der Waals surface area contributed by atoms with Crippen LogP contribution in [0.1, 0.15) is 20.3 Å². The standard InChI is InChI=1S/C7H12N2/c1-3-4-5-9-6-8-7(9)2/h4-7H,3H2,1-2H3/b5-4-. The van der Waals surface area contributed by atoms with Crippen LogP contribution < -0.4 is 0 Å². The highest BCUT2D eigenvalue weighted by molar-refractivity contribution is 5.62. The summed E-state index contributed by atoms with van der Waals surface area (Å²) >= 11 is 0. The maximum Gasteiger partial charge on any atom is 0.124 e. The highest BCUT2D eigenvalue weighted by atomic mass is 15.3. The van der Waals surface area contributed by atoms with Crippen LogP contribution in [0, 0.1) is 0 Å². The third-order valence-electron chi connectivity index (χ3n) is 1.36. The number of aliphatic imine (C=N–C) groups is 1. The number of hydrogen-bond acceptors (Lipinski definition) is 2. The molecule has 2 heteroatoms. The van der Waals surface area contributed by atoms with Gasteiger partial charge in [-0.2, -0.15) is 0 Å². The van der Waals surface area contributed by atoms with Gasteiger partial charge in [-0.25, -0.2) is 0 Å². The topological polar surface area (TPSA) is 15.6 Å². The van der Waals surface area contributed by atoms with E-state index in [9.17, 15) is 0 Å². The van der Waals surface area contributed by atoms with Crippen molar-refractivity contribution in [3.63, 3.8) is 0 Å². The molecule has 1 heterocycles. The van der Waals surface area contributed by atoms with Crippen molar-refractivity contribution in [1.29, 1.82) is 0 Å². The summed E-state index contributed by atoms with van der Waals surface area (Å²) in [5.74, 6) is 0. The number of hydrogen-bond donors (Lipinski definition) is 0. The SMILES string of the molecule is CC/C=C\N1C=NC1C. The van der Waals surface area contributed by atoms with E-state index in [2.05, 4.69) is 36.0 Å². The second kappa shape index (κ2) is 2.67. The molecule has 0 saturated carbocycles. The lowest BCUT2D eigenvalue weighted by Crippen LogP contribution is -2.33. The van der Waals surface area contributed by atoms with Crippen LogP contribution in [0.2, 0.25) is 0 Å². The Hall–Kier alpha value is -0.790. The Bertz CT molecular complexity index is 138. The fourth-order valence-corrected chi connectivity index (χ4v) is 0.667. The van der Waals surface area contributed by atoms with Gasteiger partial charge in [-0.05, 0) is 13.3 Å². The number of allylic oxidation sites excluding steroid dienone is 1. The lowest BCUT2D eigenvalue weighted by Gasteiger charge is -2.27. The van der Waals surface area contributed by atoms with Gasteiger partial charge in [-0.15, -0.1) is 0 Å². The van der Waals surface area contributed by atoms with Crippen LogP contribution in [0.3, 0.4) is 0 Å². The van der Waals surface area contributed by atoms with E-state index < -0.39 is 0 Å². The monoisotopic (exact) mass is 124 g/mol. The van der Waals surface area contributed by atoms with Crippen LogP contribution in [0.5, 0.6) is 0 Å². The average Bonchev–Trinajstić information content (AvgIpc) is 1.86. The van der Waals surface area contributed by atoms with Crippen molar-refractivity contribution in [1.82, 2.24) is 4.90 Å². The Labute approximate surface area is 55.9 Å². The molecule has 0 aliphatic carbocycles. The molecule has 0 spiro atoms. The van der Waals surface area contributed by atoms with Gasteiger partial charge in [0.1, 0.15) is 6.17 Å². The lowest BCUT2D eigenvalue weighted by atomic mass is 10.4. The molecule has 50 valence electrons. The molecule has 2 nitrogen and oxygen atoms in total. The van der Waals surface area contributed by atoms with Crippen LogP contribution in [0.25, 0.3) is 0 Å². The normalized spacial score (nSPS) is 25.1. The zero-order valence-corrected chi connectivity index (χ0v) is 5.91. The molecule has 1 atom stereocenters. The summed E-state index contributed by atoms with van der Waals surface area (Å²) in [6.45, 7) is 4.19. The molecule has 0 bridgehead atoms. The molecule has 0 fully saturated rings. The van der Waals surface area contributed by atoms with Gasteiger partial charge in [0.2, 0.25) is 0 Å². The molecule has 1 aliphatic heterocycles. The van der Waals surface area contributed by atoms with E-state index in [1.165, 1.54) is 0 Å². The van der Waals surface area contributed by atoms with Crippen molar-refractivity contribution in [2.45, 2.75) is 26.4 Å². The van der Waals surface area contributed by atoms with E-state index in [0.717, 1.165) is 6.42 Å². The van der Waals surface area contributed by atoms with Crippen LogP contribution in [0.4, 0.5) is 0 Å². The molecule has 0 amide bonds. The zero-order chi connectivity index (χ0) is 6.69. The largest absolute Gasteiger partial charge is 0.317 e. The molecule has 1 aliphatic rings. The molecule has 0 N–H and O–H groups in total. The summed E-state index contributed by atoms with van der Waals surface area (Å²) in [5, 5.41) is 0. The van der Waals surface area contributed by atoms with Gasteiger partial charge in [0.15, 0.2) is 0 Å². The van der Waals surface area contributed by atoms with Gasteiger partial charge in [0.05, 0.1) is 6.34 Å². The molecule has 0 aromatic rings. The van der Waals surface area contributed by atoms with Gasteiger partial charge < -0.3 is 4.90 Å². The Morgan fingerprint density at radius 2 is 2.56 bits per heavy atom. The van der Waals surface area contributed by atoms with E-state index >= 15 is 0 Å². The minimum Gasteiger partial charge on any atom is -0.317 e. The fourth-order valence-electron chi connectivity index (χ4n) is 0.667. The van der Waals surface area contributed by atoms with Gasteiger partial charge >= 0.3 is 0 Å². The van der Waals surface area contributed by atoms with E-state index in [1.807, 2.05) is 6.34 Å². The first-order valence-corrected chi connectivity index (χ1v) is 3.32. The van der Waals surface area contributed by atoms with Gasteiger partial charge in [0.25, 0.3) is 0 Å². The van der Waals surface area contributed by atoms with Crippen molar-refractivity contribution in [3.8, 4) is 0 Å². The van der Waals surface area contributed by atoms with Crippen LogP contribution >= 0.6 is 0 Å². The summed E-state index contributed by atoms with van der Waals surface area (Å²) in [4.78, 5) is 6.14. The molecule has 0 radical (unpaired) electrons. The number of rotatable bonds is 2. The van der Waals surface area contributed by atoms with Crippen LogP contribution in [0.15, 0.2) is 17.3 Å². The summed E-state index contributed by atoms with van der Waals surface area (Å²) in [6.07, 6.45) is 7.50. The van der Waals surface area contributed by atoms with E-state index in [4.69, 9.17) is 0 Å². The first-order chi connectivity index (χ1) is 4.34. The zero-order valence-electron chi connectivity index (χ0n) is 5.91. The summed E-state index contributed by atoms with van der Waals surface area (Å²) in [5.41, 5.74) is 0. The number of nitrogens with zero attached hydrogens (tertiary/aromatic N) is 2. The average molecular weight is 124 g/mol. The molecule has 0 saturated heterocycles. The second-order valence-corrected chi connectivity index (χ2v) is 2.14. The second-order valence-electron chi connectivity index (χ2n) is 2.14. The Morgan fingerprint density at radius 3 is 2.89 bits per heavy atom. The minimum absolute atomic E-state index is 0.368.